The van der Waals surface area contributed by atoms with Crippen molar-refractivity contribution in [3.05, 3.63) is 12.2 Å². The second-order valence-electron chi connectivity index (χ2n) is 6.10. The van der Waals surface area contributed by atoms with Gasteiger partial charge in [-0.05, 0) is 18.3 Å². The number of piperazine rings is 1. The number of quaternary nitrogens is 1. The van der Waals surface area contributed by atoms with E-state index in [2.05, 4.69) is 7.05 Å². The molecule has 2 fully saturated rings. The molecule has 3 aliphatic rings. The van der Waals surface area contributed by atoms with Gasteiger partial charge in [0.1, 0.15) is 0 Å². The molecule has 0 aromatic rings. The molecule has 2 aliphatic carbocycles. The van der Waals surface area contributed by atoms with E-state index in [9.17, 15) is 14.7 Å². The van der Waals surface area contributed by atoms with Crippen LogP contribution >= 0.6 is 0 Å². The molecule has 1 amide bonds. The van der Waals surface area contributed by atoms with Gasteiger partial charge in [-0.25, -0.2) is 0 Å². The summed E-state index contributed by atoms with van der Waals surface area (Å²) in [6.07, 6.45) is 4.77. The molecule has 4 atom stereocenters. The van der Waals surface area contributed by atoms with Gasteiger partial charge in [0.2, 0.25) is 5.91 Å². The van der Waals surface area contributed by atoms with Gasteiger partial charge in [0.25, 0.3) is 0 Å². The predicted octanol–water partition coefficient (Wildman–Crippen LogP) is -2.47. The van der Waals surface area contributed by atoms with Crippen molar-refractivity contribution in [2.45, 2.75) is 6.42 Å². The van der Waals surface area contributed by atoms with Crippen LogP contribution in [0.15, 0.2) is 12.2 Å². The first-order valence-electron chi connectivity index (χ1n) is 7.07. The topological polar surface area (TPSA) is 64.9 Å². The first-order chi connectivity index (χ1) is 9.08. The molecular weight excluding hydrogens is 244 g/mol. The second kappa shape index (κ2) is 4.63. The van der Waals surface area contributed by atoms with Crippen LogP contribution in [0.1, 0.15) is 6.42 Å². The van der Waals surface area contributed by atoms with Crippen LogP contribution in [0.3, 0.4) is 0 Å². The van der Waals surface area contributed by atoms with Crippen molar-refractivity contribution in [2.75, 3.05) is 33.2 Å². The maximum atomic E-state index is 12.6. The Bertz CT molecular complexity index is 426. The molecule has 0 spiro atoms. The van der Waals surface area contributed by atoms with E-state index in [4.69, 9.17) is 0 Å². The molecule has 0 aromatic heterocycles. The number of carbonyl (C=O) groups excluding carboxylic acids is 2. The number of amides is 1. The molecule has 0 unspecified atom stereocenters. The third-order valence-corrected chi connectivity index (χ3v) is 4.95. The van der Waals surface area contributed by atoms with Crippen LogP contribution in [-0.4, -0.2) is 50.0 Å². The minimum absolute atomic E-state index is 0.00189. The maximum absolute atomic E-state index is 12.6. The third-order valence-electron chi connectivity index (χ3n) is 4.95. The van der Waals surface area contributed by atoms with Crippen molar-refractivity contribution < 1.29 is 19.6 Å². The number of likely N-dealkylation sites (N-methyl/N-ethyl adjacent to an activating group) is 1. The highest BCUT2D eigenvalue weighted by Gasteiger charge is 2.50. The van der Waals surface area contributed by atoms with Gasteiger partial charge >= 0.3 is 0 Å². The highest BCUT2D eigenvalue weighted by atomic mass is 16.4. The highest BCUT2D eigenvalue weighted by molar-refractivity contribution is 5.86. The van der Waals surface area contributed by atoms with E-state index in [1.165, 1.54) is 4.90 Å². The van der Waals surface area contributed by atoms with Crippen molar-refractivity contribution in [3.63, 3.8) is 0 Å². The van der Waals surface area contributed by atoms with Crippen LogP contribution in [0, 0.1) is 23.7 Å². The molecule has 0 aromatic carbocycles. The predicted molar refractivity (Wildman–Crippen MR) is 65.9 cm³/mol. The van der Waals surface area contributed by atoms with Gasteiger partial charge in [0.15, 0.2) is 0 Å². The number of hydrogen-bond donors (Lipinski definition) is 1. The van der Waals surface area contributed by atoms with E-state index in [-0.39, 0.29) is 17.7 Å². The molecule has 19 heavy (non-hydrogen) atoms. The lowest BCUT2D eigenvalue weighted by Crippen LogP contribution is -3.12. The molecule has 104 valence electrons. The summed E-state index contributed by atoms with van der Waals surface area (Å²) in [6.45, 7) is 3.36. The Morgan fingerprint density at radius 1 is 1.16 bits per heavy atom. The van der Waals surface area contributed by atoms with E-state index in [1.807, 2.05) is 17.1 Å². The molecule has 0 radical (unpaired) electrons. The van der Waals surface area contributed by atoms with Crippen LogP contribution in [0.5, 0.6) is 0 Å². The molecule has 2 bridgehead atoms. The summed E-state index contributed by atoms with van der Waals surface area (Å²) in [5, 5.41) is 11.3. The normalized spacial score (nSPS) is 37.8. The number of rotatable bonds is 2. The van der Waals surface area contributed by atoms with Crippen LogP contribution in [0.4, 0.5) is 0 Å². The molecule has 1 saturated heterocycles. The van der Waals surface area contributed by atoms with Crippen molar-refractivity contribution >= 4 is 11.9 Å². The van der Waals surface area contributed by atoms with E-state index < -0.39 is 17.8 Å². The zero-order chi connectivity index (χ0) is 13.6. The minimum Gasteiger partial charge on any atom is -0.550 e. The van der Waals surface area contributed by atoms with Crippen molar-refractivity contribution in [2.24, 2.45) is 23.7 Å². The van der Waals surface area contributed by atoms with Gasteiger partial charge in [0, 0.05) is 11.9 Å². The Kier molecular flexibility index (Phi) is 3.09. The summed E-state index contributed by atoms with van der Waals surface area (Å²) >= 11 is 0. The van der Waals surface area contributed by atoms with Gasteiger partial charge in [-0.2, -0.15) is 0 Å². The average Bonchev–Trinajstić information content (AvgIpc) is 2.98. The largest absolute Gasteiger partial charge is 0.550 e. The number of allylic oxidation sites excluding steroid dienone is 2. The minimum atomic E-state index is -1.06. The Morgan fingerprint density at radius 3 is 2.32 bits per heavy atom. The van der Waals surface area contributed by atoms with Gasteiger partial charge in [-0.3, -0.25) is 4.79 Å². The third kappa shape index (κ3) is 2.06. The van der Waals surface area contributed by atoms with Gasteiger partial charge in [-0.1, -0.05) is 12.2 Å². The van der Waals surface area contributed by atoms with Crippen LogP contribution < -0.4 is 10.0 Å². The fourth-order valence-electron chi connectivity index (χ4n) is 3.80. The van der Waals surface area contributed by atoms with Crippen LogP contribution in [-0.2, 0) is 9.59 Å². The number of nitrogens with zero attached hydrogens (tertiary/aromatic N) is 1. The highest BCUT2D eigenvalue weighted by Crippen LogP contribution is 2.48. The summed E-state index contributed by atoms with van der Waals surface area (Å²) in [6, 6.07) is 0. The van der Waals surface area contributed by atoms with Gasteiger partial charge < -0.3 is 19.7 Å². The van der Waals surface area contributed by atoms with E-state index in [1.54, 1.807) is 0 Å². The standard InChI is InChI=1S/C14H20N2O3/c1-15-4-6-16(7-5-15)13(17)11-9-2-3-10(8-9)12(11)14(18)19/h2-3,9-12H,4-8H2,1H3,(H,18,19)/t9-,10-,11-,12+/m1/s1. The second-order valence-corrected chi connectivity index (χ2v) is 6.10. The fourth-order valence-corrected chi connectivity index (χ4v) is 3.80. The van der Waals surface area contributed by atoms with E-state index in [0.717, 1.165) is 32.6 Å². The Balaban J connectivity index is 1.75. The van der Waals surface area contributed by atoms with Gasteiger partial charge in [-0.15, -0.1) is 0 Å². The lowest BCUT2D eigenvalue weighted by molar-refractivity contribution is -0.883. The summed E-state index contributed by atoms with van der Waals surface area (Å²) in [5.74, 6) is -1.93. The van der Waals surface area contributed by atoms with E-state index >= 15 is 0 Å². The zero-order valence-corrected chi connectivity index (χ0v) is 11.2. The summed E-state index contributed by atoms with van der Waals surface area (Å²) in [7, 11) is 2.12. The molecule has 1 N–H and O–H groups in total. The molecule has 5 nitrogen and oxygen atoms in total. The monoisotopic (exact) mass is 264 g/mol. The van der Waals surface area contributed by atoms with Gasteiger partial charge in [0.05, 0.1) is 39.1 Å². The molecule has 1 saturated carbocycles. The fraction of sp³-hybridized carbons (Fsp3) is 0.714. The van der Waals surface area contributed by atoms with Crippen molar-refractivity contribution in [3.8, 4) is 0 Å². The molecule has 5 heteroatoms. The maximum Gasteiger partial charge on any atom is 0.227 e. The Hall–Kier alpha value is -1.36. The molecule has 3 rings (SSSR count). The number of carboxylic acid groups (broad SMARTS) is 1. The average molecular weight is 264 g/mol. The number of aliphatic carboxylic acids is 1. The van der Waals surface area contributed by atoms with Crippen LogP contribution in [0.25, 0.3) is 0 Å². The summed E-state index contributed by atoms with van der Waals surface area (Å²) in [4.78, 5) is 27.2. The lowest BCUT2D eigenvalue weighted by Gasteiger charge is -2.35. The first-order valence-corrected chi connectivity index (χ1v) is 7.07. The number of fused-ring (bicyclic) bond motifs is 2. The smallest absolute Gasteiger partial charge is 0.227 e. The summed E-state index contributed by atoms with van der Waals surface area (Å²) in [5.41, 5.74) is 0. The van der Waals surface area contributed by atoms with Crippen LogP contribution in [0.2, 0.25) is 0 Å². The molecule has 1 heterocycles. The Morgan fingerprint density at radius 2 is 1.74 bits per heavy atom. The van der Waals surface area contributed by atoms with E-state index in [0.29, 0.717) is 0 Å². The van der Waals surface area contributed by atoms with Crippen molar-refractivity contribution in [1.82, 2.24) is 4.90 Å². The molecule has 1 aliphatic heterocycles. The number of carboxylic acids is 1. The zero-order valence-electron chi connectivity index (χ0n) is 11.2. The lowest BCUT2D eigenvalue weighted by atomic mass is 9.82. The SMILES string of the molecule is C[NH+]1CCN(C(=O)[C@H]2[C@@H](C(=O)[O-])[C@@H]3C=C[C@@H]2C3)CC1. The van der Waals surface area contributed by atoms with Crippen molar-refractivity contribution in [1.29, 1.82) is 0 Å². The number of hydrogen-bond acceptors (Lipinski definition) is 3. The first kappa shape index (κ1) is 12.7. The molecular formula is C14H20N2O3. The quantitative estimate of drug-likeness (QED) is 0.562. The number of nitrogens with one attached hydrogen (secondary N) is 1. The Labute approximate surface area is 112 Å². The number of carbonyl (C=O) groups is 2. The summed E-state index contributed by atoms with van der Waals surface area (Å²) < 4.78 is 0.